The fourth-order valence-corrected chi connectivity index (χ4v) is 3.32. The third kappa shape index (κ3) is 19.1. The molecule has 0 aromatic rings. The summed E-state index contributed by atoms with van der Waals surface area (Å²) in [5.41, 5.74) is -0.0825. The van der Waals surface area contributed by atoms with Crippen LogP contribution in [0.25, 0.3) is 0 Å². The summed E-state index contributed by atoms with van der Waals surface area (Å²) in [4.78, 5) is 0. The molecule has 6 nitrogen and oxygen atoms in total. The molecule has 0 radical (unpaired) electrons. The minimum absolute atomic E-state index is 0.0825. The Kier molecular flexibility index (Phi) is 18.6. The van der Waals surface area contributed by atoms with Crippen LogP contribution >= 0.6 is 0 Å². The largest absolute Gasteiger partial charge is 0.376 e. The first kappa shape index (κ1) is 27.8. The SMILES string of the molecule is CCCC(C)NCCCNCOCCC(C)CC(C)(C)OCCCNCOC. The third-order valence-electron chi connectivity index (χ3n) is 4.78. The molecular formula is C22H49N3O3. The smallest absolute Gasteiger partial charge is 0.0965 e. The quantitative estimate of drug-likeness (QED) is 0.201. The number of ether oxygens (including phenoxy) is 3. The van der Waals surface area contributed by atoms with Gasteiger partial charge >= 0.3 is 0 Å². The summed E-state index contributed by atoms with van der Waals surface area (Å²) in [7, 11) is 1.70. The predicted octanol–water partition coefficient (Wildman–Crippen LogP) is 3.51. The lowest BCUT2D eigenvalue weighted by molar-refractivity contribution is -0.0365. The van der Waals surface area contributed by atoms with Gasteiger partial charge in [0, 0.05) is 26.4 Å². The van der Waals surface area contributed by atoms with Crippen molar-refractivity contribution in [1.29, 1.82) is 0 Å². The molecular weight excluding hydrogens is 354 g/mol. The molecule has 0 aromatic carbocycles. The Labute approximate surface area is 174 Å². The zero-order chi connectivity index (χ0) is 21.1. The maximum Gasteiger partial charge on any atom is 0.0965 e. The summed E-state index contributed by atoms with van der Waals surface area (Å²) >= 11 is 0. The summed E-state index contributed by atoms with van der Waals surface area (Å²) in [6.07, 6.45) is 6.76. The van der Waals surface area contributed by atoms with E-state index in [0.717, 1.165) is 58.5 Å². The minimum Gasteiger partial charge on any atom is -0.376 e. The van der Waals surface area contributed by atoms with Gasteiger partial charge in [0.1, 0.15) is 0 Å². The molecule has 0 rings (SSSR count). The van der Waals surface area contributed by atoms with Crippen LogP contribution in [0.3, 0.4) is 0 Å². The van der Waals surface area contributed by atoms with Gasteiger partial charge in [-0.05, 0) is 78.4 Å². The van der Waals surface area contributed by atoms with Crippen LogP contribution in [0.15, 0.2) is 0 Å². The Bertz CT molecular complexity index is 330. The van der Waals surface area contributed by atoms with E-state index in [4.69, 9.17) is 14.2 Å². The lowest BCUT2D eigenvalue weighted by Gasteiger charge is -2.28. The number of nitrogens with one attached hydrogen (secondary N) is 3. The average Bonchev–Trinajstić information content (AvgIpc) is 2.63. The minimum atomic E-state index is -0.0825. The topological polar surface area (TPSA) is 63.8 Å². The van der Waals surface area contributed by atoms with Crippen molar-refractivity contribution in [3.63, 3.8) is 0 Å². The first-order valence-corrected chi connectivity index (χ1v) is 11.3. The second kappa shape index (κ2) is 18.8. The molecule has 2 unspecified atom stereocenters. The molecule has 0 aliphatic carbocycles. The lowest BCUT2D eigenvalue weighted by Crippen LogP contribution is -2.30. The summed E-state index contributed by atoms with van der Waals surface area (Å²) in [6, 6.07) is 0.628. The molecule has 0 bridgehead atoms. The maximum absolute atomic E-state index is 6.05. The molecule has 2 atom stereocenters. The molecule has 0 spiro atoms. The Balaban J connectivity index is 3.51. The lowest BCUT2D eigenvalue weighted by atomic mass is 9.92. The highest BCUT2D eigenvalue weighted by atomic mass is 16.5. The normalized spacial score (nSPS) is 14.4. The number of hydrogen-bond acceptors (Lipinski definition) is 6. The predicted molar refractivity (Wildman–Crippen MR) is 119 cm³/mol. The Morgan fingerprint density at radius 1 is 0.893 bits per heavy atom. The summed E-state index contributed by atoms with van der Waals surface area (Å²) in [5.74, 6) is 0.589. The zero-order valence-corrected chi connectivity index (χ0v) is 19.6. The monoisotopic (exact) mass is 403 g/mol. The van der Waals surface area contributed by atoms with Gasteiger partial charge in [0.05, 0.1) is 19.1 Å². The maximum atomic E-state index is 6.05. The van der Waals surface area contributed by atoms with Crippen molar-refractivity contribution in [2.75, 3.05) is 53.4 Å². The summed E-state index contributed by atoms with van der Waals surface area (Å²) in [6.45, 7) is 17.0. The Morgan fingerprint density at radius 3 is 2.32 bits per heavy atom. The number of hydrogen-bond donors (Lipinski definition) is 3. The Morgan fingerprint density at radius 2 is 1.61 bits per heavy atom. The van der Waals surface area contributed by atoms with E-state index < -0.39 is 0 Å². The molecule has 0 fully saturated rings. The number of rotatable bonds is 21. The van der Waals surface area contributed by atoms with E-state index in [-0.39, 0.29) is 5.60 Å². The fourth-order valence-electron chi connectivity index (χ4n) is 3.32. The van der Waals surface area contributed by atoms with Gasteiger partial charge in [-0.2, -0.15) is 0 Å². The van der Waals surface area contributed by atoms with Crippen LogP contribution in [-0.2, 0) is 14.2 Å². The molecule has 0 heterocycles. The van der Waals surface area contributed by atoms with Crippen LogP contribution in [-0.4, -0.2) is 65.1 Å². The molecule has 28 heavy (non-hydrogen) atoms. The third-order valence-corrected chi connectivity index (χ3v) is 4.78. The molecule has 3 N–H and O–H groups in total. The van der Waals surface area contributed by atoms with Crippen LogP contribution in [0.4, 0.5) is 0 Å². The van der Waals surface area contributed by atoms with Crippen LogP contribution in [0.1, 0.15) is 73.1 Å². The van der Waals surface area contributed by atoms with Crippen LogP contribution in [0.2, 0.25) is 0 Å². The van der Waals surface area contributed by atoms with Crippen molar-refractivity contribution in [3.8, 4) is 0 Å². The number of methoxy groups -OCH3 is 1. The van der Waals surface area contributed by atoms with Gasteiger partial charge in [-0.25, -0.2) is 0 Å². The van der Waals surface area contributed by atoms with Gasteiger partial charge in [-0.3, -0.25) is 10.6 Å². The first-order valence-electron chi connectivity index (χ1n) is 11.3. The second-order valence-electron chi connectivity index (χ2n) is 8.54. The van der Waals surface area contributed by atoms with Gasteiger partial charge in [0.2, 0.25) is 0 Å². The van der Waals surface area contributed by atoms with Crippen molar-refractivity contribution in [2.24, 2.45) is 5.92 Å². The van der Waals surface area contributed by atoms with E-state index in [1.165, 1.54) is 12.8 Å². The van der Waals surface area contributed by atoms with Gasteiger partial charge in [0.25, 0.3) is 0 Å². The van der Waals surface area contributed by atoms with E-state index in [2.05, 4.69) is 50.6 Å². The first-order chi connectivity index (χ1) is 13.4. The van der Waals surface area contributed by atoms with E-state index in [1.54, 1.807) is 7.11 Å². The van der Waals surface area contributed by atoms with Gasteiger partial charge in [-0.1, -0.05) is 20.3 Å². The van der Waals surface area contributed by atoms with Gasteiger partial charge in [0.15, 0.2) is 0 Å². The van der Waals surface area contributed by atoms with Crippen LogP contribution in [0.5, 0.6) is 0 Å². The Hall–Kier alpha value is -0.240. The molecule has 0 amide bonds. The molecule has 0 aliphatic heterocycles. The van der Waals surface area contributed by atoms with Gasteiger partial charge in [-0.15, -0.1) is 0 Å². The summed E-state index contributed by atoms with van der Waals surface area (Å²) < 4.78 is 16.8. The highest BCUT2D eigenvalue weighted by Crippen LogP contribution is 2.22. The van der Waals surface area contributed by atoms with Crippen LogP contribution in [0, 0.1) is 5.92 Å². The van der Waals surface area contributed by atoms with Crippen molar-refractivity contribution >= 4 is 0 Å². The highest BCUT2D eigenvalue weighted by molar-refractivity contribution is 4.72. The van der Waals surface area contributed by atoms with Gasteiger partial charge < -0.3 is 19.5 Å². The molecule has 0 saturated heterocycles. The zero-order valence-electron chi connectivity index (χ0n) is 19.6. The van der Waals surface area contributed by atoms with E-state index >= 15 is 0 Å². The highest BCUT2D eigenvalue weighted by Gasteiger charge is 2.21. The standard InChI is InChI=1S/C22H49N3O3/c1-7-10-21(3)25-14-8-12-24-19-27-16-11-20(2)17-22(4,5)28-15-9-13-23-18-26-6/h20-21,23-25H,7-19H2,1-6H3. The van der Waals surface area contributed by atoms with Crippen molar-refractivity contribution in [3.05, 3.63) is 0 Å². The van der Waals surface area contributed by atoms with E-state index in [0.29, 0.717) is 25.4 Å². The molecule has 170 valence electrons. The summed E-state index contributed by atoms with van der Waals surface area (Å²) in [5, 5.41) is 10.1. The van der Waals surface area contributed by atoms with Crippen molar-refractivity contribution < 1.29 is 14.2 Å². The molecule has 0 saturated carbocycles. The van der Waals surface area contributed by atoms with Crippen LogP contribution < -0.4 is 16.0 Å². The van der Waals surface area contributed by atoms with Crippen molar-refractivity contribution in [2.45, 2.75) is 84.8 Å². The fraction of sp³-hybridized carbons (Fsp3) is 1.00. The molecule has 6 heteroatoms. The van der Waals surface area contributed by atoms with E-state index in [9.17, 15) is 0 Å². The van der Waals surface area contributed by atoms with E-state index in [1.807, 2.05) is 0 Å². The molecule has 0 aromatic heterocycles. The molecule has 0 aliphatic rings. The van der Waals surface area contributed by atoms with Crippen molar-refractivity contribution in [1.82, 2.24) is 16.0 Å². The average molecular weight is 404 g/mol. The second-order valence-corrected chi connectivity index (χ2v) is 8.54.